The predicted molar refractivity (Wildman–Crippen MR) is 118 cm³/mol. The van der Waals surface area contributed by atoms with Crippen LogP contribution in [-0.2, 0) is 19.5 Å². The van der Waals surface area contributed by atoms with E-state index in [4.69, 9.17) is 4.99 Å². The fraction of sp³-hybridized carbons (Fsp3) is 0.591. The number of guanidine groups is 1. The second kappa shape index (κ2) is 11.6. The van der Waals surface area contributed by atoms with Crippen molar-refractivity contribution in [3.05, 3.63) is 48.0 Å². The Hall–Kier alpha value is -2.41. The van der Waals surface area contributed by atoms with E-state index in [9.17, 15) is 0 Å². The van der Waals surface area contributed by atoms with Gasteiger partial charge in [0.25, 0.3) is 0 Å². The van der Waals surface area contributed by atoms with Gasteiger partial charge in [0.1, 0.15) is 12.2 Å². The Morgan fingerprint density at radius 3 is 2.62 bits per heavy atom. The van der Waals surface area contributed by atoms with Gasteiger partial charge in [-0.15, -0.1) is 10.2 Å². The average molecular weight is 398 g/mol. The van der Waals surface area contributed by atoms with Crippen LogP contribution in [0.1, 0.15) is 38.1 Å². The number of piperazine rings is 1. The number of benzene rings is 1. The number of aryl methyl sites for hydroxylation is 1. The van der Waals surface area contributed by atoms with Gasteiger partial charge in [-0.2, -0.15) is 0 Å². The molecule has 1 aromatic heterocycles. The van der Waals surface area contributed by atoms with Gasteiger partial charge in [-0.1, -0.05) is 50.6 Å². The molecular weight excluding hydrogens is 362 g/mol. The normalized spacial score (nSPS) is 15.7. The van der Waals surface area contributed by atoms with Crippen molar-refractivity contribution < 1.29 is 0 Å². The van der Waals surface area contributed by atoms with E-state index in [1.54, 1.807) is 0 Å². The van der Waals surface area contributed by atoms with E-state index < -0.39 is 0 Å². The smallest absolute Gasteiger partial charge is 0.194 e. The van der Waals surface area contributed by atoms with Crippen molar-refractivity contribution in [1.29, 1.82) is 0 Å². The molecule has 1 N–H and O–H groups in total. The Morgan fingerprint density at radius 1 is 1.10 bits per heavy atom. The van der Waals surface area contributed by atoms with Crippen molar-refractivity contribution in [2.24, 2.45) is 4.99 Å². The fourth-order valence-electron chi connectivity index (χ4n) is 3.60. The Bertz CT molecular complexity index is 733. The van der Waals surface area contributed by atoms with Gasteiger partial charge in [0.2, 0.25) is 0 Å². The molecule has 1 aromatic carbocycles. The van der Waals surface area contributed by atoms with Crippen molar-refractivity contribution in [2.75, 3.05) is 39.3 Å². The molecule has 7 heteroatoms. The van der Waals surface area contributed by atoms with Crippen LogP contribution < -0.4 is 5.32 Å². The van der Waals surface area contributed by atoms with Crippen molar-refractivity contribution in [2.45, 2.75) is 46.2 Å². The van der Waals surface area contributed by atoms with E-state index in [1.807, 2.05) is 6.33 Å². The van der Waals surface area contributed by atoms with Gasteiger partial charge < -0.3 is 14.8 Å². The molecule has 0 unspecified atom stereocenters. The lowest BCUT2D eigenvalue weighted by molar-refractivity contribution is 0.172. The summed E-state index contributed by atoms with van der Waals surface area (Å²) < 4.78 is 2.12. The first kappa shape index (κ1) is 21.3. The quantitative estimate of drug-likeness (QED) is 0.400. The molecule has 0 saturated carbocycles. The summed E-state index contributed by atoms with van der Waals surface area (Å²) in [6, 6.07) is 10.7. The predicted octanol–water partition coefficient (Wildman–Crippen LogP) is 2.40. The summed E-state index contributed by atoms with van der Waals surface area (Å²) in [6.07, 6.45) is 5.02. The first-order chi connectivity index (χ1) is 14.3. The number of nitrogens with one attached hydrogen (secondary N) is 1. The molecule has 158 valence electrons. The summed E-state index contributed by atoms with van der Waals surface area (Å²) in [6.45, 7) is 12.1. The summed E-state index contributed by atoms with van der Waals surface area (Å²) in [7, 11) is 0. The summed E-state index contributed by atoms with van der Waals surface area (Å²) in [5.74, 6) is 2.08. The highest BCUT2D eigenvalue weighted by Gasteiger charge is 2.19. The Kier molecular flexibility index (Phi) is 8.49. The number of aromatic nitrogens is 3. The molecule has 3 rings (SSSR count). The third-order valence-electron chi connectivity index (χ3n) is 5.34. The maximum Gasteiger partial charge on any atom is 0.194 e. The molecule has 1 aliphatic rings. The monoisotopic (exact) mass is 397 g/mol. The van der Waals surface area contributed by atoms with Crippen molar-refractivity contribution in [3.8, 4) is 0 Å². The summed E-state index contributed by atoms with van der Waals surface area (Å²) >= 11 is 0. The largest absolute Gasteiger partial charge is 0.354 e. The van der Waals surface area contributed by atoms with Gasteiger partial charge in [-0.3, -0.25) is 9.89 Å². The van der Waals surface area contributed by atoms with Gasteiger partial charge in [-0.05, 0) is 12.0 Å². The van der Waals surface area contributed by atoms with Gasteiger partial charge in [0.15, 0.2) is 5.96 Å². The Morgan fingerprint density at radius 2 is 1.90 bits per heavy atom. The molecule has 0 radical (unpaired) electrons. The summed E-state index contributed by atoms with van der Waals surface area (Å²) in [5.41, 5.74) is 1.39. The number of nitrogens with zero attached hydrogens (tertiary/aromatic N) is 6. The molecule has 2 heterocycles. The lowest BCUT2D eigenvalue weighted by atomic mass is 10.2. The van der Waals surface area contributed by atoms with E-state index >= 15 is 0 Å². The second-order valence-corrected chi connectivity index (χ2v) is 7.53. The number of unbranched alkanes of at least 4 members (excludes halogenated alkanes) is 1. The van der Waals surface area contributed by atoms with Crippen molar-refractivity contribution in [1.82, 2.24) is 29.9 Å². The third kappa shape index (κ3) is 6.56. The van der Waals surface area contributed by atoms with E-state index in [2.05, 4.69) is 74.1 Å². The molecule has 0 atom stereocenters. The highest BCUT2D eigenvalue weighted by Crippen LogP contribution is 2.09. The number of hydrogen-bond donors (Lipinski definition) is 1. The van der Waals surface area contributed by atoms with Crippen LogP contribution in [0.4, 0.5) is 0 Å². The average Bonchev–Trinajstić information content (AvgIpc) is 3.22. The molecule has 29 heavy (non-hydrogen) atoms. The molecule has 1 fully saturated rings. The van der Waals surface area contributed by atoms with Crippen LogP contribution in [0.2, 0.25) is 0 Å². The first-order valence-electron chi connectivity index (χ1n) is 11.0. The van der Waals surface area contributed by atoms with Crippen molar-refractivity contribution in [3.63, 3.8) is 0 Å². The van der Waals surface area contributed by atoms with Crippen molar-refractivity contribution >= 4 is 5.96 Å². The zero-order valence-electron chi connectivity index (χ0n) is 17.9. The molecular formula is C22H35N7. The maximum atomic E-state index is 4.88. The first-order valence-corrected chi connectivity index (χ1v) is 11.0. The third-order valence-corrected chi connectivity index (χ3v) is 5.34. The van der Waals surface area contributed by atoms with Crippen LogP contribution >= 0.6 is 0 Å². The van der Waals surface area contributed by atoms with Crippen LogP contribution in [-0.4, -0.2) is 69.8 Å². The van der Waals surface area contributed by atoms with E-state index in [-0.39, 0.29) is 0 Å². The van der Waals surface area contributed by atoms with E-state index in [1.165, 1.54) is 12.0 Å². The molecule has 0 spiro atoms. The molecule has 0 amide bonds. The van der Waals surface area contributed by atoms with E-state index in [0.717, 1.165) is 77.0 Å². The summed E-state index contributed by atoms with van der Waals surface area (Å²) in [5, 5.41) is 11.8. The molecule has 1 aliphatic heterocycles. The maximum absolute atomic E-state index is 4.88. The number of aliphatic imine (C=N–C) groups is 1. The topological polar surface area (TPSA) is 61.6 Å². The SMILES string of the molecule is CCCCN=C(NCCn1cnnc1CC)N1CCN(Cc2ccccc2)CC1. The van der Waals surface area contributed by atoms with Gasteiger partial charge in [-0.25, -0.2) is 0 Å². The van der Waals surface area contributed by atoms with Crippen LogP contribution in [0.15, 0.2) is 41.7 Å². The Labute approximate surface area is 174 Å². The number of hydrogen-bond acceptors (Lipinski definition) is 4. The second-order valence-electron chi connectivity index (χ2n) is 7.53. The molecule has 0 bridgehead atoms. The minimum Gasteiger partial charge on any atom is -0.354 e. The van der Waals surface area contributed by atoms with Crippen LogP contribution in [0.25, 0.3) is 0 Å². The van der Waals surface area contributed by atoms with Crippen LogP contribution in [0, 0.1) is 0 Å². The van der Waals surface area contributed by atoms with Gasteiger partial charge >= 0.3 is 0 Å². The van der Waals surface area contributed by atoms with Crippen LogP contribution in [0.3, 0.4) is 0 Å². The highest BCUT2D eigenvalue weighted by molar-refractivity contribution is 5.80. The highest BCUT2D eigenvalue weighted by atomic mass is 15.4. The zero-order chi connectivity index (χ0) is 20.3. The fourth-order valence-corrected chi connectivity index (χ4v) is 3.60. The molecule has 0 aliphatic carbocycles. The molecule has 7 nitrogen and oxygen atoms in total. The lowest BCUT2D eigenvalue weighted by Gasteiger charge is -2.36. The zero-order valence-corrected chi connectivity index (χ0v) is 17.9. The minimum atomic E-state index is 0.834. The molecule has 2 aromatic rings. The lowest BCUT2D eigenvalue weighted by Crippen LogP contribution is -2.52. The van der Waals surface area contributed by atoms with E-state index in [0.29, 0.717) is 0 Å². The van der Waals surface area contributed by atoms with Crippen LogP contribution in [0.5, 0.6) is 0 Å². The summed E-state index contributed by atoms with van der Waals surface area (Å²) in [4.78, 5) is 9.81. The Balaban J connectivity index is 1.51. The number of rotatable bonds is 9. The van der Waals surface area contributed by atoms with Gasteiger partial charge in [0, 0.05) is 58.8 Å². The molecule has 1 saturated heterocycles. The standard InChI is InChI=1S/C22H35N7/c1-3-5-11-23-22(24-12-13-29-19-25-26-21(29)4-2)28-16-14-27(15-17-28)18-20-9-7-6-8-10-20/h6-10,19H,3-5,11-18H2,1-2H3,(H,23,24). The van der Waals surface area contributed by atoms with Gasteiger partial charge in [0.05, 0.1) is 0 Å². The minimum absolute atomic E-state index is 0.834.